The van der Waals surface area contributed by atoms with Crippen molar-refractivity contribution in [2.24, 2.45) is 0 Å². The third-order valence-corrected chi connectivity index (χ3v) is 6.71. The number of anilines is 1. The molecule has 5 aromatic rings. The molecule has 0 saturated carbocycles. The zero-order valence-electron chi connectivity index (χ0n) is 20.9. The van der Waals surface area contributed by atoms with Crippen molar-refractivity contribution in [3.63, 3.8) is 0 Å². The topological polar surface area (TPSA) is 103 Å². The summed E-state index contributed by atoms with van der Waals surface area (Å²) in [7, 11) is 0. The van der Waals surface area contributed by atoms with Gasteiger partial charge >= 0.3 is 0 Å². The van der Waals surface area contributed by atoms with Crippen LogP contribution in [0.5, 0.6) is 0 Å². The molecule has 0 saturated heterocycles. The Kier molecular flexibility index (Phi) is 5.15. The van der Waals surface area contributed by atoms with Crippen molar-refractivity contribution in [2.45, 2.75) is 45.7 Å². The predicted octanol–water partition coefficient (Wildman–Crippen LogP) is 4.75. The molecule has 4 aromatic heterocycles. The summed E-state index contributed by atoms with van der Waals surface area (Å²) >= 11 is 0. The number of pyridine rings is 1. The van der Waals surface area contributed by atoms with Crippen LogP contribution in [0.4, 0.5) is 10.2 Å². The second kappa shape index (κ2) is 8.29. The Morgan fingerprint density at radius 2 is 1.84 bits per heavy atom. The Balaban J connectivity index is 1.56. The number of hydrogen-bond donors (Lipinski definition) is 1. The highest BCUT2D eigenvalue weighted by Gasteiger charge is 2.43. The molecule has 37 heavy (non-hydrogen) atoms. The molecule has 1 aliphatic rings. The highest BCUT2D eigenvalue weighted by molar-refractivity contribution is 6.07. The first kappa shape index (κ1) is 23.0. The quantitative estimate of drug-likeness (QED) is 0.377. The van der Waals surface area contributed by atoms with Gasteiger partial charge < -0.3 is 5.32 Å². The molecule has 0 bridgehead atoms. The average molecular weight is 497 g/mol. The maximum absolute atomic E-state index is 14.4. The summed E-state index contributed by atoms with van der Waals surface area (Å²) in [5, 5.41) is 13.1. The monoisotopic (exact) mass is 496 g/mol. The molecule has 186 valence electrons. The number of rotatable bonds is 5. The second-order valence-corrected chi connectivity index (χ2v) is 9.95. The number of fused-ring (bicyclic) bond motifs is 2. The fraction of sp³-hybridized carbons (Fsp3) is 0.259. The van der Waals surface area contributed by atoms with Crippen LogP contribution in [-0.4, -0.2) is 40.4 Å². The number of carbonyl (C=O) groups excluding carboxylic acids is 1. The minimum absolute atomic E-state index is 0.157. The van der Waals surface area contributed by atoms with E-state index in [0.717, 1.165) is 5.39 Å². The lowest BCUT2D eigenvalue weighted by molar-refractivity contribution is -0.119. The van der Waals surface area contributed by atoms with Gasteiger partial charge in [0.15, 0.2) is 11.5 Å². The molecule has 5 heterocycles. The Hall–Kier alpha value is -4.47. The van der Waals surface area contributed by atoms with Crippen molar-refractivity contribution >= 4 is 22.8 Å². The molecule has 0 radical (unpaired) electrons. The molecule has 1 amide bonds. The summed E-state index contributed by atoms with van der Waals surface area (Å²) in [5.41, 5.74) is 2.65. The molecule has 1 aliphatic heterocycles. The third kappa shape index (κ3) is 3.67. The maximum atomic E-state index is 14.4. The van der Waals surface area contributed by atoms with Gasteiger partial charge in [0.1, 0.15) is 28.7 Å². The van der Waals surface area contributed by atoms with Gasteiger partial charge in [-0.15, -0.1) is 0 Å². The Morgan fingerprint density at radius 1 is 1.03 bits per heavy atom. The van der Waals surface area contributed by atoms with Crippen LogP contribution in [0.15, 0.2) is 54.9 Å². The number of benzene rings is 1. The van der Waals surface area contributed by atoms with Gasteiger partial charge in [0.05, 0.1) is 17.3 Å². The highest BCUT2D eigenvalue weighted by Crippen LogP contribution is 2.43. The molecule has 6 rings (SSSR count). The molecule has 9 nitrogen and oxygen atoms in total. The Morgan fingerprint density at radius 3 is 2.59 bits per heavy atom. The van der Waals surface area contributed by atoms with E-state index in [0.29, 0.717) is 45.5 Å². The zero-order valence-corrected chi connectivity index (χ0v) is 20.9. The summed E-state index contributed by atoms with van der Waals surface area (Å²) in [4.78, 5) is 27.0. The largest absolute Gasteiger partial charge is 0.310 e. The van der Waals surface area contributed by atoms with Crippen LogP contribution >= 0.6 is 0 Å². The zero-order chi connectivity index (χ0) is 25.9. The van der Waals surface area contributed by atoms with E-state index in [1.54, 1.807) is 29.1 Å². The van der Waals surface area contributed by atoms with Crippen LogP contribution in [-0.2, 0) is 16.8 Å². The van der Waals surface area contributed by atoms with E-state index in [2.05, 4.69) is 10.3 Å². The van der Waals surface area contributed by atoms with Crippen LogP contribution in [0.3, 0.4) is 0 Å². The smallest absolute Gasteiger partial charge is 0.235 e. The van der Waals surface area contributed by atoms with E-state index in [1.165, 1.54) is 6.07 Å². The SMILES string of the molecule is CC(C)n1ccc(-c2nc(-c3nn(Cc4ccccc4F)c4ncccc34)nc3c2C(C)(C)C(=O)N3)n1. The number of nitrogens with one attached hydrogen (secondary N) is 1. The van der Waals surface area contributed by atoms with Crippen LogP contribution in [0.2, 0.25) is 0 Å². The standard InChI is InChI=1S/C27H25FN8O/c1-15(2)35-13-11-19(33-35)22-20-23(32-26(37)27(20,3)4)31-24(30-22)21-17-9-7-12-29-25(17)36(34-21)14-16-8-5-6-10-18(16)28/h5-13,15H,14H2,1-4H3,(H,30,31,32,37). The number of aromatic nitrogens is 7. The van der Waals surface area contributed by atoms with Crippen LogP contribution in [0, 0.1) is 5.82 Å². The molecule has 1 aromatic carbocycles. The molecule has 0 fully saturated rings. The molecular weight excluding hydrogens is 471 g/mol. The van der Waals surface area contributed by atoms with Crippen molar-refractivity contribution in [1.82, 2.24) is 34.5 Å². The lowest BCUT2D eigenvalue weighted by Gasteiger charge is -2.17. The normalized spacial score (nSPS) is 14.4. The number of nitrogens with zero attached hydrogens (tertiary/aromatic N) is 7. The predicted molar refractivity (Wildman–Crippen MR) is 137 cm³/mol. The summed E-state index contributed by atoms with van der Waals surface area (Å²) in [6.45, 7) is 7.98. The summed E-state index contributed by atoms with van der Waals surface area (Å²) in [6.07, 6.45) is 3.57. The number of hydrogen-bond acceptors (Lipinski definition) is 6. The van der Waals surface area contributed by atoms with Gasteiger partial charge in [0.25, 0.3) is 0 Å². The molecule has 10 heteroatoms. The van der Waals surface area contributed by atoms with E-state index in [1.807, 2.05) is 56.8 Å². The first-order valence-electron chi connectivity index (χ1n) is 12.1. The summed E-state index contributed by atoms with van der Waals surface area (Å²) in [5.74, 6) is 0.298. The van der Waals surface area contributed by atoms with Crippen molar-refractivity contribution < 1.29 is 9.18 Å². The summed E-state index contributed by atoms with van der Waals surface area (Å²) < 4.78 is 17.9. The van der Waals surface area contributed by atoms with E-state index < -0.39 is 5.41 Å². The Labute approximate surface area is 212 Å². The first-order valence-corrected chi connectivity index (χ1v) is 12.1. The van der Waals surface area contributed by atoms with E-state index in [4.69, 9.17) is 20.2 Å². The first-order chi connectivity index (χ1) is 17.7. The number of halogens is 1. The van der Waals surface area contributed by atoms with Gasteiger partial charge in [-0.1, -0.05) is 18.2 Å². The van der Waals surface area contributed by atoms with Crippen LogP contribution < -0.4 is 5.32 Å². The lowest BCUT2D eigenvalue weighted by Crippen LogP contribution is -2.27. The van der Waals surface area contributed by atoms with E-state index >= 15 is 0 Å². The van der Waals surface area contributed by atoms with E-state index in [9.17, 15) is 9.18 Å². The van der Waals surface area contributed by atoms with Crippen molar-refractivity contribution in [2.75, 3.05) is 5.32 Å². The molecular formula is C27H25FN8O. The molecule has 0 atom stereocenters. The van der Waals surface area contributed by atoms with Gasteiger partial charge in [-0.2, -0.15) is 10.2 Å². The number of carbonyl (C=O) groups is 1. The van der Waals surface area contributed by atoms with Crippen molar-refractivity contribution in [3.8, 4) is 22.9 Å². The minimum atomic E-state index is -0.835. The molecule has 0 unspecified atom stereocenters. The van der Waals surface area contributed by atoms with E-state index in [-0.39, 0.29) is 24.3 Å². The summed E-state index contributed by atoms with van der Waals surface area (Å²) in [6, 6.07) is 12.3. The Bertz CT molecular complexity index is 1680. The molecule has 0 spiro atoms. The van der Waals surface area contributed by atoms with Gasteiger partial charge in [0, 0.05) is 29.6 Å². The molecule has 1 N–H and O–H groups in total. The fourth-order valence-electron chi connectivity index (χ4n) is 4.64. The second-order valence-electron chi connectivity index (χ2n) is 9.95. The minimum Gasteiger partial charge on any atom is -0.310 e. The van der Waals surface area contributed by atoms with Crippen LogP contribution in [0.1, 0.15) is 44.9 Å². The maximum Gasteiger partial charge on any atom is 0.235 e. The van der Waals surface area contributed by atoms with Gasteiger partial charge in [-0.3, -0.25) is 9.48 Å². The highest BCUT2D eigenvalue weighted by atomic mass is 19.1. The average Bonchev–Trinajstić information content (AvgIpc) is 3.56. The lowest BCUT2D eigenvalue weighted by atomic mass is 9.85. The number of amides is 1. The van der Waals surface area contributed by atoms with Gasteiger partial charge in [0.2, 0.25) is 5.91 Å². The van der Waals surface area contributed by atoms with Gasteiger partial charge in [-0.05, 0) is 52.0 Å². The van der Waals surface area contributed by atoms with Gasteiger partial charge in [-0.25, -0.2) is 24.0 Å². The van der Waals surface area contributed by atoms with Crippen molar-refractivity contribution in [1.29, 1.82) is 0 Å². The third-order valence-electron chi connectivity index (χ3n) is 6.71. The fourth-order valence-corrected chi connectivity index (χ4v) is 4.64. The van der Waals surface area contributed by atoms with Crippen LogP contribution in [0.25, 0.3) is 33.9 Å². The molecule has 0 aliphatic carbocycles. The van der Waals surface area contributed by atoms with Crippen molar-refractivity contribution in [3.05, 3.63) is 71.8 Å².